The van der Waals surface area contributed by atoms with E-state index in [0.717, 1.165) is 25.4 Å². The minimum absolute atomic E-state index is 0.0205. The van der Waals surface area contributed by atoms with Crippen molar-refractivity contribution in [2.24, 2.45) is 0 Å². The molecular formula is C21H26N4O4. The topological polar surface area (TPSA) is 88.0 Å². The van der Waals surface area contributed by atoms with E-state index >= 15 is 0 Å². The van der Waals surface area contributed by atoms with Gasteiger partial charge in [-0.05, 0) is 23.8 Å². The molecule has 2 aromatic carbocycles. The Balaban J connectivity index is 1.41. The van der Waals surface area contributed by atoms with Gasteiger partial charge in [-0.2, -0.15) is 0 Å². The minimum Gasteiger partial charge on any atom is -0.497 e. The van der Waals surface area contributed by atoms with E-state index in [1.165, 1.54) is 11.6 Å². The number of nitrogens with zero attached hydrogens (tertiary/aromatic N) is 3. The summed E-state index contributed by atoms with van der Waals surface area (Å²) in [4.78, 5) is 27.3. The summed E-state index contributed by atoms with van der Waals surface area (Å²) in [6, 6.07) is 14.5. The van der Waals surface area contributed by atoms with Gasteiger partial charge in [-0.15, -0.1) is 0 Å². The van der Waals surface area contributed by atoms with Gasteiger partial charge in [-0.3, -0.25) is 19.8 Å². The molecule has 8 heteroatoms. The predicted octanol–water partition coefficient (Wildman–Crippen LogP) is 2.75. The number of amides is 1. The molecular weight excluding hydrogens is 372 g/mol. The first kappa shape index (κ1) is 20.6. The van der Waals surface area contributed by atoms with Gasteiger partial charge in [-0.25, -0.2) is 0 Å². The monoisotopic (exact) mass is 398 g/mol. The molecule has 0 radical (unpaired) electrons. The van der Waals surface area contributed by atoms with Crippen molar-refractivity contribution in [3.05, 3.63) is 64.2 Å². The Kier molecular flexibility index (Phi) is 7.02. The number of piperazine rings is 1. The molecule has 0 aliphatic carbocycles. The molecule has 1 heterocycles. The van der Waals surface area contributed by atoms with Gasteiger partial charge in [0.2, 0.25) is 5.91 Å². The summed E-state index contributed by atoms with van der Waals surface area (Å²) < 4.78 is 5.18. The number of anilines is 1. The summed E-state index contributed by atoms with van der Waals surface area (Å²) in [7, 11) is 1.65. The van der Waals surface area contributed by atoms with Gasteiger partial charge in [0.25, 0.3) is 5.69 Å². The molecule has 0 saturated carbocycles. The Labute approximate surface area is 170 Å². The zero-order chi connectivity index (χ0) is 20.6. The third-order valence-electron chi connectivity index (χ3n) is 5.05. The van der Waals surface area contributed by atoms with Crippen LogP contribution in [0.3, 0.4) is 0 Å². The highest BCUT2D eigenvalue weighted by molar-refractivity contribution is 5.77. The normalized spacial score (nSPS) is 14.4. The minimum atomic E-state index is -0.424. The number of para-hydroxylation sites is 2. The summed E-state index contributed by atoms with van der Waals surface area (Å²) in [5.41, 5.74) is 1.68. The lowest BCUT2D eigenvalue weighted by Gasteiger charge is -2.34. The van der Waals surface area contributed by atoms with Gasteiger partial charge in [0, 0.05) is 51.8 Å². The molecule has 8 nitrogen and oxygen atoms in total. The van der Waals surface area contributed by atoms with E-state index < -0.39 is 4.92 Å². The van der Waals surface area contributed by atoms with Crippen LogP contribution < -0.4 is 10.1 Å². The number of ether oxygens (including phenoxy) is 1. The smallest absolute Gasteiger partial charge is 0.292 e. The highest BCUT2D eigenvalue weighted by atomic mass is 16.6. The van der Waals surface area contributed by atoms with Crippen LogP contribution in [0.25, 0.3) is 0 Å². The molecule has 154 valence electrons. The molecule has 1 aliphatic heterocycles. The van der Waals surface area contributed by atoms with Crippen molar-refractivity contribution < 1.29 is 14.5 Å². The molecule has 0 aromatic heterocycles. The van der Waals surface area contributed by atoms with Crippen LogP contribution in [0, 0.1) is 10.1 Å². The zero-order valence-corrected chi connectivity index (χ0v) is 16.5. The van der Waals surface area contributed by atoms with Crippen LogP contribution in [0.4, 0.5) is 11.4 Å². The number of rotatable bonds is 8. The van der Waals surface area contributed by atoms with Crippen molar-refractivity contribution >= 4 is 17.3 Å². The van der Waals surface area contributed by atoms with E-state index in [-0.39, 0.29) is 11.6 Å². The maximum absolute atomic E-state index is 12.5. The average molecular weight is 398 g/mol. The molecule has 3 rings (SSSR count). The van der Waals surface area contributed by atoms with Crippen molar-refractivity contribution in [2.75, 3.05) is 45.2 Å². The van der Waals surface area contributed by atoms with Crippen LogP contribution in [0.15, 0.2) is 48.5 Å². The van der Waals surface area contributed by atoms with E-state index in [2.05, 4.69) is 22.3 Å². The Morgan fingerprint density at radius 1 is 1.10 bits per heavy atom. The summed E-state index contributed by atoms with van der Waals surface area (Å²) >= 11 is 0. The predicted molar refractivity (Wildman–Crippen MR) is 111 cm³/mol. The van der Waals surface area contributed by atoms with Crippen LogP contribution in [-0.2, 0) is 11.3 Å². The van der Waals surface area contributed by atoms with Crippen molar-refractivity contribution in [3.8, 4) is 5.75 Å². The van der Waals surface area contributed by atoms with Crippen LogP contribution in [0.5, 0.6) is 5.75 Å². The molecule has 1 fully saturated rings. The highest BCUT2D eigenvalue weighted by Gasteiger charge is 2.21. The molecule has 0 unspecified atom stereocenters. The van der Waals surface area contributed by atoms with E-state index in [1.54, 1.807) is 25.3 Å². The number of nitro benzene ring substituents is 1. The largest absolute Gasteiger partial charge is 0.497 e. The maximum atomic E-state index is 12.5. The Bertz CT molecular complexity index is 833. The average Bonchev–Trinajstić information content (AvgIpc) is 2.75. The van der Waals surface area contributed by atoms with Gasteiger partial charge in [-0.1, -0.05) is 24.3 Å². The first-order valence-electron chi connectivity index (χ1n) is 9.67. The number of methoxy groups -OCH3 is 1. The number of carbonyl (C=O) groups is 1. The van der Waals surface area contributed by atoms with E-state index in [4.69, 9.17) is 4.74 Å². The van der Waals surface area contributed by atoms with Crippen LogP contribution in [0.1, 0.15) is 12.0 Å². The Morgan fingerprint density at radius 2 is 1.79 bits per heavy atom. The van der Waals surface area contributed by atoms with Gasteiger partial charge >= 0.3 is 0 Å². The van der Waals surface area contributed by atoms with Crippen LogP contribution in [0.2, 0.25) is 0 Å². The van der Waals surface area contributed by atoms with Gasteiger partial charge in [0.15, 0.2) is 0 Å². The Morgan fingerprint density at radius 3 is 2.45 bits per heavy atom. The summed E-state index contributed by atoms with van der Waals surface area (Å²) in [5, 5.41) is 14.0. The quantitative estimate of drug-likeness (QED) is 0.543. The lowest BCUT2D eigenvalue weighted by atomic mass is 10.2. The fourth-order valence-corrected chi connectivity index (χ4v) is 3.39. The van der Waals surface area contributed by atoms with Crippen molar-refractivity contribution in [1.29, 1.82) is 0 Å². The molecule has 1 amide bonds. The van der Waals surface area contributed by atoms with Crippen LogP contribution in [-0.4, -0.2) is 60.5 Å². The number of hydrogen-bond acceptors (Lipinski definition) is 6. The SMILES string of the molecule is COc1ccc(CN2CCN(C(=O)CCNc3ccccc3[N+](=O)[O-])CC2)cc1. The number of nitro groups is 1. The summed E-state index contributed by atoms with van der Waals surface area (Å²) in [5.74, 6) is 0.916. The van der Waals surface area contributed by atoms with E-state index in [1.807, 2.05) is 17.0 Å². The summed E-state index contributed by atoms with van der Waals surface area (Å²) in [6.45, 7) is 4.27. The lowest BCUT2D eigenvalue weighted by Crippen LogP contribution is -2.48. The van der Waals surface area contributed by atoms with E-state index in [9.17, 15) is 14.9 Å². The molecule has 1 N–H and O–H groups in total. The molecule has 1 saturated heterocycles. The molecule has 29 heavy (non-hydrogen) atoms. The third-order valence-corrected chi connectivity index (χ3v) is 5.05. The lowest BCUT2D eigenvalue weighted by molar-refractivity contribution is -0.384. The zero-order valence-electron chi connectivity index (χ0n) is 16.5. The second kappa shape index (κ2) is 9.88. The van der Waals surface area contributed by atoms with E-state index in [0.29, 0.717) is 31.7 Å². The Hall–Kier alpha value is -3.13. The van der Waals surface area contributed by atoms with Crippen molar-refractivity contribution in [1.82, 2.24) is 9.80 Å². The molecule has 2 aromatic rings. The molecule has 0 spiro atoms. The van der Waals surface area contributed by atoms with Gasteiger partial charge < -0.3 is 15.0 Å². The molecule has 0 bridgehead atoms. The molecule has 1 aliphatic rings. The van der Waals surface area contributed by atoms with Crippen molar-refractivity contribution in [3.63, 3.8) is 0 Å². The van der Waals surface area contributed by atoms with Gasteiger partial charge in [0.1, 0.15) is 11.4 Å². The fourth-order valence-electron chi connectivity index (χ4n) is 3.39. The first-order chi connectivity index (χ1) is 14.1. The fraction of sp³-hybridized carbons (Fsp3) is 0.381. The summed E-state index contributed by atoms with van der Waals surface area (Å²) in [6.07, 6.45) is 0.310. The third kappa shape index (κ3) is 5.68. The first-order valence-corrected chi connectivity index (χ1v) is 9.67. The highest BCUT2D eigenvalue weighted by Crippen LogP contribution is 2.23. The number of carbonyl (C=O) groups excluding carboxylic acids is 1. The standard InChI is InChI=1S/C21H26N4O4/c1-29-18-8-6-17(7-9-18)16-23-12-14-24(15-13-23)21(26)10-11-22-19-4-2-3-5-20(19)25(27)28/h2-9,22H,10-16H2,1H3. The second-order valence-corrected chi connectivity index (χ2v) is 6.96. The number of hydrogen-bond donors (Lipinski definition) is 1. The maximum Gasteiger partial charge on any atom is 0.292 e. The van der Waals surface area contributed by atoms with Crippen LogP contribution >= 0.6 is 0 Å². The van der Waals surface area contributed by atoms with Gasteiger partial charge in [0.05, 0.1) is 12.0 Å². The molecule has 0 atom stereocenters. The number of benzene rings is 2. The van der Waals surface area contributed by atoms with Crippen molar-refractivity contribution in [2.45, 2.75) is 13.0 Å². The number of nitrogens with one attached hydrogen (secondary N) is 1. The second-order valence-electron chi connectivity index (χ2n) is 6.96.